The van der Waals surface area contributed by atoms with Crippen molar-refractivity contribution in [3.8, 4) is 5.75 Å². The van der Waals surface area contributed by atoms with Crippen LogP contribution >= 0.6 is 0 Å². The molecular weight excluding hydrogens is 343 g/mol. The Morgan fingerprint density at radius 1 is 1.33 bits per heavy atom. The van der Waals surface area contributed by atoms with E-state index in [2.05, 4.69) is 34.0 Å². The zero-order valence-corrected chi connectivity index (χ0v) is 16.9. The fraction of sp³-hybridized carbons (Fsp3) is 0.571. The summed E-state index contributed by atoms with van der Waals surface area (Å²) in [6.45, 7) is 14.7. The van der Waals surface area contributed by atoms with Gasteiger partial charge >= 0.3 is 0 Å². The van der Waals surface area contributed by atoms with Gasteiger partial charge in [-0.15, -0.1) is 0 Å². The van der Waals surface area contributed by atoms with Crippen LogP contribution in [0.2, 0.25) is 0 Å². The third kappa shape index (κ3) is 7.21. The van der Waals surface area contributed by atoms with Crippen molar-refractivity contribution in [3.05, 3.63) is 41.7 Å². The molecule has 1 aliphatic rings. The third-order valence-electron chi connectivity index (χ3n) is 4.48. The molecule has 6 heteroatoms. The number of halogens is 1. The van der Waals surface area contributed by atoms with E-state index in [1.165, 1.54) is 11.6 Å². The number of hydrogen-bond donors (Lipinski definition) is 2. The van der Waals surface area contributed by atoms with Crippen molar-refractivity contribution in [3.63, 3.8) is 0 Å². The predicted octanol–water partition coefficient (Wildman–Crippen LogP) is 3.32. The minimum absolute atomic E-state index is 0.289. The molecule has 1 aromatic rings. The second kappa shape index (κ2) is 10.9. The molecule has 1 fully saturated rings. The summed E-state index contributed by atoms with van der Waals surface area (Å²) < 4.78 is 19.2. The first-order valence-electron chi connectivity index (χ1n) is 9.84. The summed E-state index contributed by atoms with van der Waals surface area (Å²) in [6.07, 6.45) is 2.16. The second-order valence-corrected chi connectivity index (χ2v) is 7.04. The highest BCUT2D eigenvalue weighted by Gasteiger charge is 2.19. The number of guanidine groups is 1. The summed E-state index contributed by atoms with van der Waals surface area (Å²) in [5.41, 5.74) is 2.03. The highest BCUT2D eigenvalue weighted by Crippen LogP contribution is 2.19. The van der Waals surface area contributed by atoms with Crippen LogP contribution in [0.3, 0.4) is 0 Å². The summed E-state index contributed by atoms with van der Waals surface area (Å²) in [5.74, 6) is 0.731. The number of aliphatic imine (C=N–C) groups is 1. The van der Waals surface area contributed by atoms with Gasteiger partial charge in [0.05, 0.1) is 13.2 Å². The number of ether oxygens (including phenoxy) is 1. The quantitative estimate of drug-likeness (QED) is 0.415. The zero-order valence-electron chi connectivity index (χ0n) is 16.9. The molecule has 1 saturated heterocycles. The smallest absolute Gasteiger partial charge is 0.191 e. The molecule has 1 heterocycles. The lowest BCUT2D eigenvalue weighted by Gasteiger charge is -2.33. The Kier molecular flexibility index (Phi) is 8.58. The number of rotatable bonds is 8. The molecule has 0 aromatic heterocycles. The summed E-state index contributed by atoms with van der Waals surface area (Å²) in [7, 11) is 0. The Bertz CT molecular complexity index is 639. The number of nitrogens with zero attached hydrogens (tertiary/aromatic N) is 2. The van der Waals surface area contributed by atoms with Gasteiger partial charge in [-0.05, 0) is 51.3 Å². The molecule has 0 aliphatic carbocycles. The van der Waals surface area contributed by atoms with E-state index in [0.717, 1.165) is 50.5 Å². The number of hydrogen-bond acceptors (Lipinski definition) is 3. The molecule has 1 aromatic carbocycles. The minimum Gasteiger partial charge on any atom is -0.491 e. The lowest BCUT2D eigenvalue weighted by Crippen LogP contribution is -2.48. The number of benzene rings is 1. The number of piperidine rings is 1. The van der Waals surface area contributed by atoms with Crippen molar-refractivity contribution >= 4 is 5.96 Å². The topological polar surface area (TPSA) is 48.9 Å². The van der Waals surface area contributed by atoms with Gasteiger partial charge in [0.15, 0.2) is 17.5 Å². The van der Waals surface area contributed by atoms with Crippen LogP contribution < -0.4 is 15.4 Å². The molecule has 0 radical (unpaired) electrons. The Labute approximate surface area is 162 Å². The maximum Gasteiger partial charge on any atom is 0.191 e. The fourth-order valence-electron chi connectivity index (χ4n) is 3.22. The van der Waals surface area contributed by atoms with Crippen LogP contribution in [-0.2, 0) is 6.54 Å². The van der Waals surface area contributed by atoms with E-state index in [1.807, 2.05) is 19.9 Å². The molecule has 0 spiro atoms. The molecule has 0 amide bonds. The van der Waals surface area contributed by atoms with Gasteiger partial charge in [0.1, 0.15) is 0 Å². The van der Waals surface area contributed by atoms with Gasteiger partial charge in [0.2, 0.25) is 0 Å². The average Bonchev–Trinajstić information content (AvgIpc) is 2.63. The van der Waals surface area contributed by atoms with Crippen molar-refractivity contribution in [1.29, 1.82) is 0 Å². The molecule has 5 nitrogen and oxygen atoms in total. The highest BCUT2D eigenvalue weighted by atomic mass is 19.1. The first-order valence-corrected chi connectivity index (χ1v) is 9.84. The van der Waals surface area contributed by atoms with Crippen molar-refractivity contribution in [2.75, 3.05) is 32.8 Å². The van der Waals surface area contributed by atoms with E-state index in [1.54, 1.807) is 6.07 Å². The van der Waals surface area contributed by atoms with Crippen LogP contribution in [0.4, 0.5) is 4.39 Å². The van der Waals surface area contributed by atoms with Crippen LogP contribution in [0.25, 0.3) is 0 Å². The predicted molar refractivity (Wildman–Crippen MR) is 110 cm³/mol. The van der Waals surface area contributed by atoms with Gasteiger partial charge in [-0.2, -0.15) is 0 Å². The molecule has 0 bridgehead atoms. The standard InChI is InChI=1S/C21H33FN4O/c1-5-23-21(25-18-9-11-26(12-10-18)15-16(3)4)24-14-17-7-8-20(27-6-2)19(22)13-17/h7-8,13,18H,3,5-6,9-12,14-15H2,1-2,4H3,(H2,23,24,25). The van der Waals surface area contributed by atoms with Crippen LogP contribution in [0.5, 0.6) is 5.75 Å². The van der Waals surface area contributed by atoms with Crippen LogP contribution in [0.15, 0.2) is 35.3 Å². The average molecular weight is 377 g/mol. The van der Waals surface area contributed by atoms with E-state index in [4.69, 9.17) is 4.74 Å². The first-order chi connectivity index (χ1) is 13.0. The lowest BCUT2D eigenvalue weighted by atomic mass is 10.0. The maximum atomic E-state index is 14.0. The van der Waals surface area contributed by atoms with E-state index >= 15 is 0 Å². The monoisotopic (exact) mass is 376 g/mol. The SMILES string of the molecule is C=C(C)CN1CCC(NC(=NCc2ccc(OCC)c(F)c2)NCC)CC1. The summed E-state index contributed by atoms with van der Waals surface area (Å²) >= 11 is 0. The maximum absolute atomic E-state index is 14.0. The Morgan fingerprint density at radius 3 is 2.67 bits per heavy atom. The number of nitrogens with one attached hydrogen (secondary N) is 2. The lowest BCUT2D eigenvalue weighted by molar-refractivity contribution is 0.221. The molecule has 0 saturated carbocycles. The molecule has 0 unspecified atom stereocenters. The van der Waals surface area contributed by atoms with Crippen LogP contribution in [0, 0.1) is 5.82 Å². The summed E-state index contributed by atoms with van der Waals surface area (Å²) in [4.78, 5) is 7.06. The van der Waals surface area contributed by atoms with E-state index in [0.29, 0.717) is 19.2 Å². The zero-order chi connectivity index (χ0) is 19.6. The molecule has 27 heavy (non-hydrogen) atoms. The summed E-state index contributed by atoms with van der Waals surface area (Å²) in [6, 6.07) is 5.42. The van der Waals surface area contributed by atoms with Gasteiger partial charge in [0.25, 0.3) is 0 Å². The third-order valence-corrected chi connectivity index (χ3v) is 4.48. The molecule has 0 atom stereocenters. The second-order valence-electron chi connectivity index (χ2n) is 7.04. The van der Waals surface area contributed by atoms with E-state index < -0.39 is 0 Å². The highest BCUT2D eigenvalue weighted by molar-refractivity contribution is 5.80. The Morgan fingerprint density at radius 2 is 2.07 bits per heavy atom. The number of likely N-dealkylation sites (tertiary alicyclic amines) is 1. The molecule has 2 rings (SSSR count). The van der Waals surface area contributed by atoms with E-state index in [-0.39, 0.29) is 11.6 Å². The first kappa shape index (κ1) is 21.2. The molecule has 1 aliphatic heterocycles. The largest absolute Gasteiger partial charge is 0.491 e. The van der Waals surface area contributed by atoms with Gasteiger partial charge in [-0.25, -0.2) is 9.38 Å². The fourth-order valence-corrected chi connectivity index (χ4v) is 3.22. The Hall–Kier alpha value is -2.08. The normalized spacial score (nSPS) is 16.2. The Balaban J connectivity index is 1.91. The summed E-state index contributed by atoms with van der Waals surface area (Å²) in [5, 5.41) is 6.80. The van der Waals surface area contributed by atoms with E-state index in [9.17, 15) is 4.39 Å². The van der Waals surface area contributed by atoms with Crippen LogP contribution in [0.1, 0.15) is 39.2 Å². The molecular formula is C21H33FN4O. The minimum atomic E-state index is -0.340. The van der Waals surface area contributed by atoms with Crippen molar-refractivity contribution in [1.82, 2.24) is 15.5 Å². The van der Waals surface area contributed by atoms with Gasteiger partial charge < -0.3 is 15.4 Å². The van der Waals surface area contributed by atoms with Crippen LogP contribution in [-0.4, -0.2) is 49.7 Å². The van der Waals surface area contributed by atoms with Crippen molar-refractivity contribution in [2.45, 2.75) is 46.2 Å². The molecule has 150 valence electrons. The van der Waals surface area contributed by atoms with Gasteiger partial charge in [-0.3, -0.25) is 4.90 Å². The van der Waals surface area contributed by atoms with Crippen molar-refractivity contribution < 1.29 is 9.13 Å². The van der Waals surface area contributed by atoms with Gasteiger partial charge in [-0.1, -0.05) is 18.2 Å². The molecule has 2 N–H and O–H groups in total. The van der Waals surface area contributed by atoms with Gasteiger partial charge in [0, 0.05) is 32.2 Å². The van der Waals surface area contributed by atoms with Crippen molar-refractivity contribution in [2.24, 2.45) is 4.99 Å².